The summed E-state index contributed by atoms with van der Waals surface area (Å²) in [5, 5.41) is 0. The Hall–Kier alpha value is -1.39. The molecule has 0 aliphatic rings. The summed E-state index contributed by atoms with van der Waals surface area (Å²) in [7, 11) is -2.40. The van der Waals surface area contributed by atoms with Gasteiger partial charge in [-0.3, -0.25) is 0 Å². The minimum absolute atomic E-state index is 0.132. The smallest absolute Gasteiger partial charge is 0.422 e. The topological polar surface area (TPSA) is 85.5 Å². The summed E-state index contributed by atoms with van der Waals surface area (Å²) in [5.41, 5.74) is 5.17. The molecule has 0 spiro atoms. The van der Waals surface area contributed by atoms with Crippen LogP contribution < -0.4 is 10.5 Å². The van der Waals surface area contributed by atoms with Crippen LogP contribution in [0.5, 0.6) is 5.88 Å². The fourth-order valence-corrected chi connectivity index (χ4v) is 3.00. The van der Waals surface area contributed by atoms with Gasteiger partial charge in [-0.25, -0.2) is 17.7 Å². The molecule has 1 aromatic rings. The van der Waals surface area contributed by atoms with Crippen molar-refractivity contribution in [2.75, 3.05) is 26.7 Å². The number of pyridine rings is 1. The third kappa shape index (κ3) is 5.96. The molecule has 0 saturated heterocycles. The predicted molar refractivity (Wildman–Crippen MR) is 78.4 cm³/mol. The standard InChI is InChI=1S/C13H20F3N3O3S/c1-12(2,7-17)8-19(3)23(20,21)10-4-5-11(18-6-10)22-9-13(14,15)16/h4-6H,7-9,17H2,1-3H3. The molecule has 0 amide bonds. The van der Waals surface area contributed by atoms with Gasteiger partial charge in [-0.15, -0.1) is 0 Å². The first kappa shape index (κ1) is 19.7. The number of rotatable bonds is 7. The van der Waals surface area contributed by atoms with Gasteiger partial charge in [-0.05, 0) is 18.0 Å². The minimum atomic E-state index is -4.49. The number of aromatic nitrogens is 1. The third-order valence-electron chi connectivity index (χ3n) is 3.00. The van der Waals surface area contributed by atoms with Crippen molar-refractivity contribution in [1.29, 1.82) is 0 Å². The van der Waals surface area contributed by atoms with Crippen molar-refractivity contribution in [3.05, 3.63) is 18.3 Å². The summed E-state index contributed by atoms with van der Waals surface area (Å²) in [6.45, 7) is 2.65. The van der Waals surface area contributed by atoms with E-state index in [2.05, 4.69) is 9.72 Å². The Balaban J connectivity index is 2.85. The van der Waals surface area contributed by atoms with Crippen molar-refractivity contribution in [2.45, 2.75) is 24.9 Å². The van der Waals surface area contributed by atoms with Gasteiger partial charge in [0.25, 0.3) is 0 Å². The Morgan fingerprint density at radius 1 is 1.30 bits per heavy atom. The maximum atomic E-state index is 12.4. The van der Waals surface area contributed by atoms with E-state index in [1.54, 1.807) is 0 Å². The van der Waals surface area contributed by atoms with E-state index in [0.29, 0.717) is 6.54 Å². The van der Waals surface area contributed by atoms with Crippen LogP contribution in [-0.4, -0.2) is 50.6 Å². The Kier molecular flexibility index (Phi) is 6.00. The molecule has 6 nitrogen and oxygen atoms in total. The molecule has 1 aromatic heterocycles. The van der Waals surface area contributed by atoms with E-state index in [4.69, 9.17) is 5.73 Å². The number of nitrogens with zero attached hydrogens (tertiary/aromatic N) is 2. The summed E-state index contributed by atoms with van der Waals surface area (Å²) in [4.78, 5) is 3.46. The summed E-state index contributed by atoms with van der Waals surface area (Å²) in [6.07, 6.45) is -3.52. The second-order valence-electron chi connectivity index (χ2n) is 5.87. The van der Waals surface area contributed by atoms with Gasteiger partial charge in [0.15, 0.2) is 6.61 Å². The zero-order valence-corrected chi connectivity index (χ0v) is 13.9. The Labute approximate surface area is 133 Å². The number of hydrogen-bond acceptors (Lipinski definition) is 5. The average Bonchev–Trinajstić information content (AvgIpc) is 2.44. The van der Waals surface area contributed by atoms with Crippen molar-refractivity contribution < 1.29 is 26.3 Å². The van der Waals surface area contributed by atoms with E-state index in [0.717, 1.165) is 22.6 Å². The lowest BCUT2D eigenvalue weighted by Gasteiger charge is -2.28. The first-order valence-electron chi connectivity index (χ1n) is 6.69. The summed E-state index contributed by atoms with van der Waals surface area (Å²) in [5.74, 6) is -0.300. The average molecular weight is 355 g/mol. The highest BCUT2D eigenvalue weighted by atomic mass is 32.2. The molecule has 0 aliphatic heterocycles. The Morgan fingerprint density at radius 3 is 2.35 bits per heavy atom. The number of alkyl halides is 3. The molecule has 0 radical (unpaired) electrons. The van der Waals surface area contributed by atoms with Gasteiger partial charge in [0.2, 0.25) is 15.9 Å². The van der Waals surface area contributed by atoms with Crippen molar-refractivity contribution in [2.24, 2.45) is 11.1 Å². The predicted octanol–water partition coefficient (Wildman–Crippen LogP) is 1.63. The number of nitrogens with two attached hydrogens (primary N) is 1. The van der Waals surface area contributed by atoms with E-state index in [-0.39, 0.29) is 17.3 Å². The first-order valence-corrected chi connectivity index (χ1v) is 8.13. The van der Waals surface area contributed by atoms with Crippen molar-refractivity contribution in [1.82, 2.24) is 9.29 Å². The van der Waals surface area contributed by atoms with Crippen LogP contribution in [0.15, 0.2) is 23.2 Å². The van der Waals surface area contributed by atoms with Gasteiger partial charge in [-0.1, -0.05) is 13.8 Å². The molecular formula is C13H20F3N3O3S. The molecule has 0 aliphatic carbocycles. The van der Waals surface area contributed by atoms with Crippen LogP contribution in [0.25, 0.3) is 0 Å². The molecule has 0 saturated carbocycles. The summed E-state index contributed by atoms with van der Waals surface area (Å²) >= 11 is 0. The van der Waals surface area contributed by atoms with E-state index in [1.807, 2.05) is 13.8 Å². The van der Waals surface area contributed by atoms with Gasteiger partial charge >= 0.3 is 6.18 Å². The number of hydrogen-bond donors (Lipinski definition) is 1. The molecule has 0 atom stereocenters. The van der Waals surface area contributed by atoms with Crippen molar-refractivity contribution >= 4 is 10.0 Å². The quantitative estimate of drug-likeness (QED) is 0.803. The lowest BCUT2D eigenvalue weighted by Crippen LogP contribution is -2.39. The van der Waals surface area contributed by atoms with Gasteiger partial charge < -0.3 is 10.5 Å². The highest BCUT2D eigenvalue weighted by Gasteiger charge is 2.29. The Bertz CT molecular complexity index is 616. The van der Waals surface area contributed by atoms with Crippen molar-refractivity contribution in [3.8, 4) is 5.88 Å². The molecule has 132 valence electrons. The fourth-order valence-electron chi connectivity index (χ4n) is 1.69. The van der Waals surface area contributed by atoms with Crippen LogP contribution in [0.3, 0.4) is 0 Å². The molecule has 0 fully saturated rings. The zero-order chi connectivity index (χ0) is 17.9. The monoisotopic (exact) mass is 355 g/mol. The van der Waals surface area contributed by atoms with Crippen LogP contribution >= 0.6 is 0 Å². The summed E-state index contributed by atoms with van der Waals surface area (Å²) < 4.78 is 66.4. The second-order valence-corrected chi connectivity index (χ2v) is 7.91. The SMILES string of the molecule is CN(CC(C)(C)CN)S(=O)(=O)c1ccc(OCC(F)(F)F)nc1. The molecule has 1 heterocycles. The van der Waals surface area contributed by atoms with Gasteiger partial charge in [0.1, 0.15) is 4.90 Å². The molecule has 10 heteroatoms. The maximum absolute atomic E-state index is 12.4. The lowest BCUT2D eigenvalue weighted by atomic mass is 9.94. The molecular weight excluding hydrogens is 335 g/mol. The van der Waals surface area contributed by atoms with Crippen LogP contribution in [0.2, 0.25) is 0 Å². The van der Waals surface area contributed by atoms with Gasteiger partial charge in [-0.2, -0.15) is 13.2 Å². The van der Waals surface area contributed by atoms with E-state index < -0.39 is 28.2 Å². The van der Waals surface area contributed by atoms with Crippen molar-refractivity contribution in [3.63, 3.8) is 0 Å². The number of halogens is 3. The van der Waals surface area contributed by atoms with E-state index in [1.165, 1.54) is 7.05 Å². The van der Waals surface area contributed by atoms with Crippen LogP contribution in [-0.2, 0) is 10.0 Å². The molecule has 0 bridgehead atoms. The molecule has 2 N–H and O–H groups in total. The van der Waals surface area contributed by atoms with E-state index in [9.17, 15) is 21.6 Å². The second kappa shape index (κ2) is 7.02. The van der Waals surface area contributed by atoms with Crippen LogP contribution in [0.1, 0.15) is 13.8 Å². The first-order chi connectivity index (χ1) is 10.4. The Morgan fingerprint density at radius 2 is 1.91 bits per heavy atom. The van der Waals surface area contributed by atoms with Crippen LogP contribution in [0, 0.1) is 5.41 Å². The van der Waals surface area contributed by atoms with Gasteiger partial charge in [0, 0.05) is 19.7 Å². The highest BCUT2D eigenvalue weighted by Crippen LogP contribution is 2.22. The van der Waals surface area contributed by atoms with Gasteiger partial charge in [0.05, 0.1) is 6.20 Å². The lowest BCUT2D eigenvalue weighted by molar-refractivity contribution is -0.154. The van der Waals surface area contributed by atoms with E-state index >= 15 is 0 Å². The largest absolute Gasteiger partial charge is 0.468 e. The third-order valence-corrected chi connectivity index (χ3v) is 4.79. The summed E-state index contributed by atoms with van der Waals surface area (Å²) in [6, 6.07) is 2.24. The maximum Gasteiger partial charge on any atom is 0.422 e. The number of sulfonamides is 1. The zero-order valence-electron chi connectivity index (χ0n) is 13.1. The normalized spacial score (nSPS) is 13.4. The molecule has 23 heavy (non-hydrogen) atoms. The van der Waals surface area contributed by atoms with Crippen LogP contribution in [0.4, 0.5) is 13.2 Å². The molecule has 0 aromatic carbocycles. The highest BCUT2D eigenvalue weighted by molar-refractivity contribution is 7.89. The minimum Gasteiger partial charge on any atom is -0.468 e. The number of ether oxygens (including phenoxy) is 1. The molecule has 1 rings (SSSR count). The fraction of sp³-hybridized carbons (Fsp3) is 0.615. The molecule has 0 unspecified atom stereocenters.